The SMILES string of the molecule is CCCCCN(CCC(=O)OC)C(=O)c1cccc(NC(C)=O)c1. The third-order valence-corrected chi connectivity index (χ3v) is 3.56. The van der Waals surface area contributed by atoms with E-state index in [1.807, 2.05) is 0 Å². The second-order valence-corrected chi connectivity index (χ2v) is 5.59. The Balaban J connectivity index is 2.84. The van der Waals surface area contributed by atoms with Crippen molar-refractivity contribution in [2.75, 3.05) is 25.5 Å². The minimum absolute atomic E-state index is 0.151. The Morgan fingerprint density at radius 2 is 1.92 bits per heavy atom. The first-order valence-electron chi connectivity index (χ1n) is 8.21. The van der Waals surface area contributed by atoms with Crippen LogP contribution in [0.3, 0.4) is 0 Å². The number of carbonyl (C=O) groups excluding carboxylic acids is 3. The Bertz CT molecular complexity index is 572. The topological polar surface area (TPSA) is 75.7 Å². The molecule has 0 aliphatic heterocycles. The van der Waals surface area contributed by atoms with Crippen molar-refractivity contribution in [2.45, 2.75) is 39.5 Å². The molecule has 0 radical (unpaired) electrons. The second-order valence-electron chi connectivity index (χ2n) is 5.59. The number of hydrogen-bond acceptors (Lipinski definition) is 4. The quantitative estimate of drug-likeness (QED) is 0.556. The molecule has 0 aliphatic rings. The molecule has 1 N–H and O–H groups in total. The van der Waals surface area contributed by atoms with E-state index in [4.69, 9.17) is 0 Å². The Labute approximate surface area is 143 Å². The van der Waals surface area contributed by atoms with E-state index in [-0.39, 0.29) is 24.2 Å². The third-order valence-electron chi connectivity index (χ3n) is 3.56. The average Bonchev–Trinajstić information content (AvgIpc) is 2.56. The van der Waals surface area contributed by atoms with Crippen molar-refractivity contribution in [2.24, 2.45) is 0 Å². The van der Waals surface area contributed by atoms with Crippen LogP contribution in [0.15, 0.2) is 24.3 Å². The molecule has 0 bridgehead atoms. The van der Waals surface area contributed by atoms with E-state index in [0.29, 0.717) is 24.3 Å². The summed E-state index contributed by atoms with van der Waals surface area (Å²) in [4.78, 5) is 36.9. The molecule has 0 heterocycles. The molecular weight excluding hydrogens is 308 g/mol. The number of carbonyl (C=O) groups is 3. The number of benzene rings is 1. The van der Waals surface area contributed by atoms with Gasteiger partial charge in [0.25, 0.3) is 5.91 Å². The lowest BCUT2D eigenvalue weighted by Gasteiger charge is -2.22. The number of unbranched alkanes of at least 4 members (excludes halogenated alkanes) is 2. The van der Waals surface area contributed by atoms with Crippen LogP contribution >= 0.6 is 0 Å². The summed E-state index contributed by atoms with van der Waals surface area (Å²) in [5, 5.41) is 2.67. The molecule has 6 heteroatoms. The van der Waals surface area contributed by atoms with E-state index in [0.717, 1.165) is 19.3 Å². The Hall–Kier alpha value is -2.37. The molecule has 0 saturated heterocycles. The predicted octanol–water partition coefficient (Wildman–Crippen LogP) is 2.84. The molecule has 24 heavy (non-hydrogen) atoms. The van der Waals surface area contributed by atoms with Crippen LogP contribution < -0.4 is 5.32 Å². The van der Waals surface area contributed by atoms with Crippen LogP contribution in [0.1, 0.15) is 49.9 Å². The van der Waals surface area contributed by atoms with Gasteiger partial charge in [-0.1, -0.05) is 25.8 Å². The third kappa shape index (κ3) is 6.81. The fourth-order valence-electron chi connectivity index (χ4n) is 2.31. The number of nitrogens with one attached hydrogen (secondary N) is 1. The normalized spacial score (nSPS) is 10.1. The van der Waals surface area contributed by atoms with Gasteiger partial charge in [-0.25, -0.2) is 0 Å². The van der Waals surface area contributed by atoms with Crippen LogP contribution in [0.5, 0.6) is 0 Å². The van der Waals surface area contributed by atoms with Gasteiger partial charge in [-0.3, -0.25) is 14.4 Å². The van der Waals surface area contributed by atoms with Crippen molar-refractivity contribution in [1.82, 2.24) is 4.90 Å². The van der Waals surface area contributed by atoms with Gasteiger partial charge in [-0.15, -0.1) is 0 Å². The smallest absolute Gasteiger partial charge is 0.307 e. The van der Waals surface area contributed by atoms with E-state index >= 15 is 0 Å². The van der Waals surface area contributed by atoms with Gasteiger partial charge >= 0.3 is 5.97 Å². The standard InChI is InChI=1S/C18H26N2O4/c1-4-5-6-11-20(12-10-17(22)24-3)18(23)15-8-7-9-16(13-15)19-14(2)21/h7-9,13H,4-6,10-12H2,1-3H3,(H,19,21). The van der Waals surface area contributed by atoms with Crippen LogP contribution in [0.2, 0.25) is 0 Å². The van der Waals surface area contributed by atoms with Crippen molar-refractivity contribution < 1.29 is 19.1 Å². The first kappa shape index (κ1) is 19.7. The van der Waals surface area contributed by atoms with E-state index < -0.39 is 0 Å². The van der Waals surface area contributed by atoms with Crippen LogP contribution in [-0.4, -0.2) is 42.9 Å². The number of nitrogens with zero attached hydrogens (tertiary/aromatic N) is 1. The summed E-state index contributed by atoms with van der Waals surface area (Å²) < 4.78 is 4.65. The molecule has 1 aromatic rings. The van der Waals surface area contributed by atoms with Gasteiger partial charge in [0.15, 0.2) is 0 Å². The zero-order valence-electron chi connectivity index (χ0n) is 14.6. The fourth-order valence-corrected chi connectivity index (χ4v) is 2.31. The van der Waals surface area contributed by atoms with Crippen molar-refractivity contribution in [1.29, 1.82) is 0 Å². The Kier molecular flexibility index (Phi) is 8.54. The fraction of sp³-hybridized carbons (Fsp3) is 0.500. The van der Waals surface area contributed by atoms with Crippen LogP contribution in [-0.2, 0) is 14.3 Å². The highest BCUT2D eigenvalue weighted by Gasteiger charge is 2.17. The van der Waals surface area contributed by atoms with Gasteiger partial charge in [0.1, 0.15) is 0 Å². The van der Waals surface area contributed by atoms with Crippen LogP contribution in [0.25, 0.3) is 0 Å². The average molecular weight is 334 g/mol. The highest BCUT2D eigenvalue weighted by Crippen LogP contribution is 2.14. The van der Waals surface area contributed by atoms with Gasteiger partial charge in [-0.05, 0) is 24.6 Å². The van der Waals surface area contributed by atoms with Gasteiger partial charge in [0.05, 0.1) is 13.5 Å². The number of anilines is 1. The van der Waals surface area contributed by atoms with Gasteiger partial charge in [-0.2, -0.15) is 0 Å². The molecule has 0 spiro atoms. The number of ether oxygens (including phenoxy) is 1. The Morgan fingerprint density at radius 1 is 1.17 bits per heavy atom. The van der Waals surface area contributed by atoms with Crippen molar-refractivity contribution in [3.63, 3.8) is 0 Å². The molecular formula is C18H26N2O4. The first-order valence-corrected chi connectivity index (χ1v) is 8.21. The molecule has 0 unspecified atom stereocenters. The summed E-state index contributed by atoms with van der Waals surface area (Å²) in [5.41, 5.74) is 1.07. The van der Waals surface area contributed by atoms with Gasteiger partial charge in [0, 0.05) is 31.3 Å². The lowest BCUT2D eigenvalue weighted by atomic mass is 10.1. The molecule has 0 fully saturated rings. The largest absolute Gasteiger partial charge is 0.469 e. The molecule has 132 valence electrons. The minimum atomic E-state index is -0.338. The van der Waals surface area contributed by atoms with Crippen molar-refractivity contribution in [3.05, 3.63) is 29.8 Å². The first-order chi connectivity index (χ1) is 11.5. The summed E-state index contributed by atoms with van der Waals surface area (Å²) in [7, 11) is 1.34. The molecule has 0 aliphatic carbocycles. The van der Waals surface area contributed by atoms with Gasteiger partial charge < -0.3 is 15.0 Å². The highest BCUT2D eigenvalue weighted by atomic mass is 16.5. The summed E-state index contributed by atoms with van der Waals surface area (Å²) in [6.45, 7) is 4.42. The van der Waals surface area contributed by atoms with Crippen LogP contribution in [0.4, 0.5) is 5.69 Å². The highest BCUT2D eigenvalue weighted by molar-refractivity contribution is 5.97. The minimum Gasteiger partial charge on any atom is -0.469 e. The van der Waals surface area contributed by atoms with E-state index in [1.54, 1.807) is 29.2 Å². The maximum atomic E-state index is 12.7. The maximum Gasteiger partial charge on any atom is 0.307 e. The summed E-state index contributed by atoms with van der Waals surface area (Å²) in [6, 6.07) is 6.81. The second kappa shape index (κ2) is 10.4. The number of rotatable bonds is 9. The summed E-state index contributed by atoms with van der Waals surface area (Å²) in [6.07, 6.45) is 3.12. The molecule has 1 rings (SSSR count). The molecule has 2 amide bonds. The summed E-state index contributed by atoms with van der Waals surface area (Å²) >= 11 is 0. The van der Waals surface area contributed by atoms with E-state index in [1.165, 1.54) is 14.0 Å². The molecule has 1 aromatic carbocycles. The number of esters is 1. The number of hydrogen-bond donors (Lipinski definition) is 1. The number of methoxy groups -OCH3 is 1. The van der Waals surface area contributed by atoms with Crippen LogP contribution in [0, 0.1) is 0 Å². The molecule has 0 saturated carbocycles. The van der Waals surface area contributed by atoms with E-state index in [2.05, 4.69) is 17.0 Å². The van der Waals surface area contributed by atoms with Gasteiger partial charge in [0.2, 0.25) is 5.91 Å². The summed E-state index contributed by atoms with van der Waals surface area (Å²) in [5.74, 6) is -0.678. The monoisotopic (exact) mass is 334 g/mol. The van der Waals surface area contributed by atoms with E-state index in [9.17, 15) is 14.4 Å². The molecule has 6 nitrogen and oxygen atoms in total. The molecule has 0 atom stereocenters. The number of amides is 2. The lowest BCUT2D eigenvalue weighted by Crippen LogP contribution is -2.34. The Morgan fingerprint density at radius 3 is 2.54 bits per heavy atom. The predicted molar refractivity (Wildman–Crippen MR) is 92.8 cm³/mol. The maximum absolute atomic E-state index is 12.7. The zero-order chi connectivity index (χ0) is 17.9. The van der Waals surface area contributed by atoms with Crippen molar-refractivity contribution in [3.8, 4) is 0 Å². The zero-order valence-corrected chi connectivity index (χ0v) is 14.6. The van der Waals surface area contributed by atoms with Crippen molar-refractivity contribution >= 4 is 23.5 Å². The lowest BCUT2D eigenvalue weighted by molar-refractivity contribution is -0.140. The molecule has 0 aromatic heterocycles.